The fourth-order valence-electron chi connectivity index (χ4n) is 3.45. The maximum Gasteiger partial charge on any atom is 0.179 e. The van der Waals surface area contributed by atoms with Gasteiger partial charge in [-0.15, -0.1) is 0 Å². The van der Waals surface area contributed by atoms with E-state index in [9.17, 15) is 8.42 Å². The molecule has 3 rings (SSSR count). The number of halogens is 1. The van der Waals surface area contributed by atoms with Gasteiger partial charge in [0.15, 0.2) is 9.84 Å². The quantitative estimate of drug-likeness (QED) is 0.774. The van der Waals surface area contributed by atoms with E-state index in [0.717, 1.165) is 17.3 Å². The summed E-state index contributed by atoms with van der Waals surface area (Å²) in [6.07, 6.45) is 0.992. The van der Waals surface area contributed by atoms with Gasteiger partial charge in [0.2, 0.25) is 0 Å². The van der Waals surface area contributed by atoms with Gasteiger partial charge in [0.1, 0.15) is 0 Å². The Bertz CT molecular complexity index is 598. The van der Waals surface area contributed by atoms with Crippen LogP contribution in [0.3, 0.4) is 0 Å². The molecule has 1 aromatic rings. The maximum absolute atomic E-state index is 12.3. The standard InChI is InChI=1S/C14H17BrO3S/c1-10-14(9-15,6-7-18-10)12-8-19(16,17)13-5-3-2-4-11(12)13/h2-5,10,12H,6-9H2,1H3. The van der Waals surface area contributed by atoms with Gasteiger partial charge in [-0.1, -0.05) is 34.1 Å². The average molecular weight is 345 g/mol. The molecule has 2 aliphatic heterocycles. The van der Waals surface area contributed by atoms with Crippen molar-refractivity contribution in [2.45, 2.75) is 30.3 Å². The molecule has 0 saturated carbocycles. The molecule has 0 aliphatic carbocycles. The Morgan fingerprint density at radius 1 is 1.42 bits per heavy atom. The molecule has 104 valence electrons. The Hall–Kier alpha value is -0.390. The molecule has 2 heterocycles. The number of fused-ring (bicyclic) bond motifs is 1. The summed E-state index contributed by atoms with van der Waals surface area (Å²) in [4.78, 5) is 0.513. The number of sulfone groups is 1. The van der Waals surface area contributed by atoms with E-state index in [1.165, 1.54) is 0 Å². The van der Waals surface area contributed by atoms with Crippen LogP contribution in [0.4, 0.5) is 0 Å². The highest BCUT2D eigenvalue weighted by molar-refractivity contribution is 9.09. The van der Waals surface area contributed by atoms with E-state index < -0.39 is 9.84 Å². The van der Waals surface area contributed by atoms with Crippen LogP contribution in [0.25, 0.3) is 0 Å². The summed E-state index contributed by atoms with van der Waals surface area (Å²) >= 11 is 3.60. The van der Waals surface area contributed by atoms with Gasteiger partial charge in [0.05, 0.1) is 16.8 Å². The zero-order chi connectivity index (χ0) is 13.7. The van der Waals surface area contributed by atoms with E-state index in [1.54, 1.807) is 12.1 Å². The predicted molar refractivity (Wildman–Crippen MR) is 77.5 cm³/mol. The van der Waals surface area contributed by atoms with Gasteiger partial charge in [-0.3, -0.25) is 0 Å². The summed E-state index contributed by atoms with van der Waals surface area (Å²) in [7, 11) is -3.14. The lowest BCUT2D eigenvalue weighted by molar-refractivity contribution is 0.0648. The van der Waals surface area contributed by atoms with Crippen LogP contribution >= 0.6 is 15.9 Å². The molecule has 0 N–H and O–H groups in total. The zero-order valence-electron chi connectivity index (χ0n) is 10.8. The molecule has 0 radical (unpaired) electrons. The van der Waals surface area contributed by atoms with E-state index in [1.807, 2.05) is 12.1 Å². The second-order valence-corrected chi connectivity index (χ2v) is 8.07. The third-order valence-corrected chi connectivity index (χ3v) is 7.56. The topological polar surface area (TPSA) is 43.4 Å². The van der Waals surface area contributed by atoms with Gasteiger partial charge in [0.25, 0.3) is 0 Å². The van der Waals surface area contributed by atoms with Crippen LogP contribution in [0.1, 0.15) is 24.8 Å². The first kappa shape index (κ1) is 13.6. The van der Waals surface area contributed by atoms with Gasteiger partial charge in [-0.25, -0.2) is 8.42 Å². The lowest BCUT2D eigenvalue weighted by atomic mass is 9.70. The molecule has 0 bridgehead atoms. The molecule has 3 unspecified atom stereocenters. The lowest BCUT2D eigenvalue weighted by Gasteiger charge is -2.36. The van der Waals surface area contributed by atoms with Crippen LogP contribution in [-0.4, -0.2) is 32.2 Å². The van der Waals surface area contributed by atoms with E-state index >= 15 is 0 Å². The molecule has 1 aromatic carbocycles. The molecule has 5 heteroatoms. The van der Waals surface area contributed by atoms with E-state index in [-0.39, 0.29) is 23.2 Å². The first-order chi connectivity index (χ1) is 9.01. The first-order valence-electron chi connectivity index (χ1n) is 6.50. The summed E-state index contributed by atoms with van der Waals surface area (Å²) in [5.41, 5.74) is 0.860. The Kier molecular flexibility index (Phi) is 3.27. The Labute approximate surface area is 122 Å². The highest BCUT2D eigenvalue weighted by Crippen LogP contribution is 2.53. The lowest BCUT2D eigenvalue weighted by Crippen LogP contribution is -2.38. The molecule has 19 heavy (non-hydrogen) atoms. The predicted octanol–water partition coefficient (Wildman–Crippen LogP) is 2.75. The van der Waals surface area contributed by atoms with E-state index in [0.29, 0.717) is 11.5 Å². The van der Waals surface area contributed by atoms with Crippen molar-refractivity contribution in [3.8, 4) is 0 Å². The zero-order valence-corrected chi connectivity index (χ0v) is 13.2. The van der Waals surface area contributed by atoms with Gasteiger partial charge in [-0.2, -0.15) is 0 Å². The maximum atomic E-state index is 12.3. The first-order valence-corrected chi connectivity index (χ1v) is 9.28. The highest BCUT2D eigenvalue weighted by Gasteiger charge is 2.52. The largest absolute Gasteiger partial charge is 0.378 e. The van der Waals surface area contributed by atoms with Crippen molar-refractivity contribution in [1.29, 1.82) is 0 Å². The van der Waals surface area contributed by atoms with Crippen LogP contribution < -0.4 is 0 Å². The van der Waals surface area contributed by atoms with Crippen LogP contribution in [0.15, 0.2) is 29.2 Å². The minimum Gasteiger partial charge on any atom is -0.378 e. The van der Waals surface area contributed by atoms with Crippen molar-refractivity contribution in [3.05, 3.63) is 29.8 Å². The minimum atomic E-state index is -3.14. The van der Waals surface area contributed by atoms with Crippen LogP contribution in [0.5, 0.6) is 0 Å². The number of hydrogen-bond acceptors (Lipinski definition) is 3. The van der Waals surface area contributed by atoms with Gasteiger partial charge in [0, 0.05) is 23.3 Å². The molecule has 3 atom stereocenters. The molecule has 1 fully saturated rings. The van der Waals surface area contributed by atoms with Gasteiger partial charge in [-0.05, 0) is 25.0 Å². The molecule has 3 nitrogen and oxygen atoms in total. The molecule has 0 spiro atoms. The Morgan fingerprint density at radius 3 is 2.79 bits per heavy atom. The van der Waals surface area contributed by atoms with Crippen molar-refractivity contribution < 1.29 is 13.2 Å². The minimum absolute atomic E-state index is 0.0329. The van der Waals surface area contributed by atoms with Gasteiger partial charge < -0.3 is 4.74 Å². The highest BCUT2D eigenvalue weighted by atomic mass is 79.9. The number of ether oxygens (including phenoxy) is 1. The summed E-state index contributed by atoms with van der Waals surface area (Å²) in [6, 6.07) is 7.41. The molecule has 1 saturated heterocycles. The average Bonchev–Trinajstić information content (AvgIpc) is 2.90. The SMILES string of the molecule is CC1OCCC1(CBr)C1CS(=O)(=O)c2ccccc21. The molecule has 0 aromatic heterocycles. The Morgan fingerprint density at radius 2 is 2.16 bits per heavy atom. The second-order valence-electron chi connectivity index (χ2n) is 5.50. The second kappa shape index (κ2) is 4.57. The molecule has 2 aliphatic rings. The molecular formula is C14H17BrO3S. The van der Waals surface area contributed by atoms with Crippen molar-refractivity contribution in [2.24, 2.45) is 5.41 Å². The summed E-state index contributed by atoms with van der Waals surface area (Å²) in [6.45, 7) is 2.77. The monoisotopic (exact) mass is 344 g/mol. The van der Waals surface area contributed by atoms with Crippen molar-refractivity contribution >= 4 is 25.8 Å². The fourth-order valence-corrected chi connectivity index (χ4v) is 6.56. The molecule has 0 amide bonds. The van der Waals surface area contributed by atoms with Crippen molar-refractivity contribution in [3.63, 3.8) is 0 Å². The van der Waals surface area contributed by atoms with Crippen molar-refractivity contribution in [1.82, 2.24) is 0 Å². The Balaban J connectivity index is 2.13. The van der Waals surface area contributed by atoms with Crippen LogP contribution in [-0.2, 0) is 14.6 Å². The van der Waals surface area contributed by atoms with Crippen molar-refractivity contribution in [2.75, 3.05) is 17.7 Å². The smallest absolute Gasteiger partial charge is 0.179 e. The van der Waals surface area contributed by atoms with Gasteiger partial charge >= 0.3 is 0 Å². The number of rotatable bonds is 2. The summed E-state index contributed by atoms with van der Waals surface area (Å²) in [5.74, 6) is 0.247. The van der Waals surface area contributed by atoms with E-state index in [4.69, 9.17) is 4.74 Å². The molecular weight excluding hydrogens is 328 g/mol. The summed E-state index contributed by atoms with van der Waals surface area (Å²) in [5, 5.41) is 0.773. The van der Waals surface area contributed by atoms with Crippen LogP contribution in [0, 0.1) is 5.41 Å². The van der Waals surface area contributed by atoms with E-state index in [2.05, 4.69) is 22.9 Å². The third kappa shape index (κ3) is 1.89. The van der Waals surface area contributed by atoms with Crippen LogP contribution in [0.2, 0.25) is 0 Å². The fraction of sp³-hybridized carbons (Fsp3) is 0.571. The summed E-state index contributed by atoms with van der Waals surface area (Å²) < 4.78 is 30.4. The third-order valence-electron chi connectivity index (χ3n) is 4.70. The number of hydrogen-bond donors (Lipinski definition) is 0. The normalized spacial score (nSPS) is 36.3. The number of alkyl halides is 1. The number of benzene rings is 1.